The van der Waals surface area contributed by atoms with Crippen molar-refractivity contribution in [1.82, 2.24) is 4.90 Å². The number of para-hydroxylation sites is 1. The van der Waals surface area contributed by atoms with Crippen molar-refractivity contribution in [2.24, 2.45) is 0 Å². The van der Waals surface area contributed by atoms with E-state index in [-0.39, 0.29) is 23.1 Å². The number of hydrogen-bond donors (Lipinski definition) is 1. The molecule has 1 heterocycles. The molecule has 1 amide bonds. The number of nitro groups is 1. The van der Waals surface area contributed by atoms with Crippen molar-refractivity contribution in [1.29, 1.82) is 0 Å². The molecule has 7 nitrogen and oxygen atoms in total. The van der Waals surface area contributed by atoms with E-state index in [1.54, 1.807) is 18.2 Å². The third-order valence-corrected chi connectivity index (χ3v) is 5.54. The highest BCUT2D eigenvalue weighted by Crippen LogP contribution is 2.20. The van der Waals surface area contributed by atoms with Gasteiger partial charge >= 0.3 is 0 Å². The number of amides is 1. The molecule has 7 heteroatoms. The van der Waals surface area contributed by atoms with Gasteiger partial charge in [-0.3, -0.25) is 14.9 Å². The lowest BCUT2D eigenvalue weighted by Crippen LogP contribution is -3.13. The molecule has 154 valence electrons. The van der Waals surface area contributed by atoms with Crippen LogP contribution in [0.25, 0.3) is 10.8 Å². The van der Waals surface area contributed by atoms with Gasteiger partial charge < -0.3 is 14.5 Å². The normalized spacial score (nSPS) is 14.6. The molecule has 1 aliphatic heterocycles. The Morgan fingerprint density at radius 3 is 2.47 bits per heavy atom. The highest BCUT2D eigenvalue weighted by molar-refractivity contribution is 5.84. The highest BCUT2D eigenvalue weighted by Gasteiger charge is 2.26. The first-order valence-electron chi connectivity index (χ1n) is 10.1. The van der Waals surface area contributed by atoms with Gasteiger partial charge in [0.1, 0.15) is 12.3 Å². The Balaban J connectivity index is 1.28. The topological polar surface area (TPSA) is 77.1 Å². The Kier molecular flexibility index (Phi) is 5.90. The van der Waals surface area contributed by atoms with Gasteiger partial charge in [-0.1, -0.05) is 42.5 Å². The van der Waals surface area contributed by atoms with Crippen LogP contribution in [0.4, 0.5) is 5.69 Å². The molecule has 0 saturated carbocycles. The second-order valence-corrected chi connectivity index (χ2v) is 7.49. The first kappa shape index (κ1) is 19.8. The monoisotopic (exact) mass is 406 g/mol. The fourth-order valence-electron chi connectivity index (χ4n) is 3.85. The van der Waals surface area contributed by atoms with Gasteiger partial charge in [-0.15, -0.1) is 0 Å². The maximum absolute atomic E-state index is 12.5. The van der Waals surface area contributed by atoms with Crippen LogP contribution in [-0.4, -0.2) is 48.5 Å². The minimum atomic E-state index is -0.335. The number of fused-ring (bicyclic) bond motifs is 1. The van der Waals surface area contributed by atoms with Crippen LogP contribution in [0, 0.1) is 10.1 Å². The molecule has 1 saturated heterocycles. The number of benzene rings is 3. The Morgan fingerprint density at radius 1 is 1.00 bits per heavy atom. The summed E-state index contributed by atoms with van der Waals surface area (Å²) >= 11 is 0. The smallest absolute Gasteiger partial charge is 0.278 e. The predicted molar refractivity (Wildman–Crippen MR) is 114 cm³/mol. The lowest BCUT2D eigenvalue weighted by atomic mass is 10.1. The van der Waals surface area contributed by atoms with Crippen molar-refractivity contribution in [3.63, 3.8) is 0 Å². The zero-order chi connectivity index (χ0) is 20.9. The maximum Gasteiger partial charge on any atom is 0.278 e. The Hall–Kier alpha value is -3.45. The number of nitrogens with zero attached hydrogens (tertiary/aromatic N) is 2. The molecule has 0 bridgehead atoms. The van der Waals surface area contributed by atoms with E-state index < -0.39 is 0 Å². The van der Waals surface area contributed by atoms with Gasteiger partial charge in [-0.05, 0) is 29.0 Å². The summed E-state index contributed by atoms with van der Waals surface area (Å²) < 4.78 is 5.72. The van der Waals surface area contributed by atoms with Gasteiger partial charge in [0.15, 0.2) is 6.61 Å². The van der Waals surface area contributed by atoms with Crippen molar-refractivity contribution < 1.29 is 19.4 Å². The molecular weight excluding hydrogens is 382 g/mol. The number of nitro benzene ring substituents is 1. The Bertz CT molecular complexity index is 1060. The molecule has 3 aromatic carbocycles. The molecule has 0 unspecified atom stereocenters. The van der Waals surface area contributed by atoms with Gasteiger partial charge in [-0.25, -0.2) is 0 Å². The largest absolute Gasteiger partial charge is 0.484 e. The minimum absolute atomic E-state index is 0.0117. The average molecular weight is 406 g/mol. The maximum atomic E-state index is 12.5. The molecule has 0 aliphatic carbocycles. The van der Waals surface area contributed by atoms with Crippen molar-refractivity contribution in [3.05, 3.63) is 82.4 Å². The van der Waals surface area contributed by atoms with Crippen molar-refractivity contribution in [2.45, 2.75) is 6.54 Å². The molecule has 3 aromatic rings. The second-order valence-electron chi connectivity index (χ2n) is 7.49. The number of carbonyl (C=O) groups excluding carboxylic acids is 1. The summed E-state index contributed by atoms with van der Waals surface area (Å²) in [5.41, 5.74) is 0.893. The molecule has 1 aliphatic rings. The van der Waals surface area contributed by atoms with Crippen LogP contribution in [0.1, 0.15) is 5.56 Å². The van der Waals surface area contributed by atoms with Crippen LogP contribution >= 0.6 is 0 Å². The number of piperazine rings is 1. The van der Waals surface area contributed by atoms with Crippen molar-refractivity contribution >= 4 is 22.4 Å². The molecule has 0 atom stereocenters. The molecule has 30 heavy (non-hydrogen) atoms. The summed E-state index contributed by atoms with van der Waals surface area (Å²) in [6.07, 6.45) is 0. The van der Waals surface area contributed by atoms with Crippen LogP contribution in [0.3, 0.4) is 0 Å². The fourth-order valence-corrected chi connectivity index (χ4v) is 3.85. The summed E-state index contributed by atoms with van der Waals surface area (Å²) in [6.45, 7) is 3.36. The third kappa shape index (κ3) is 4.58. The molecular formula is C23H24N3O4+. The lowest BCUT2D eigenvalue weighted by Gasteiger charge is -2.32. The van der Waals surface area contributed by atoms with Crippen molar-refractivity contribution in [2.75, 3.05) is 32.8 Å². The third-order valence-electron chi connectivity index (χ3n) is 5.54. The van der Waals surface area contributed by atoms with Crippen LogP contribution in [-0.2, 0) is 11.3 Å². The summed E-state index contributed by atoms with van der Waals surface area (Å²) in [6, 6.07) is 20.7. The van der Waals surface area contributed by atoms with E-state index >= 15 is 0 Å². The minimum Gasteiger partial charge on any atom is -0.484 e. The van der Waals surface area contributed by atoms with Gasteiger partial charge in [0.2, 0.25) is 0 Å². The zero-order valence-electron chi connectivity index (χ0n) is 16.6. The number of quaternary nitrogens is 1. The van der Waals surface area contributed by atoms with Crippen LogP contribution in [0.15, 0.2) is 66.7 Å². The van der Waals surface area contributed by atoms with Gasteiger partial charge in [-0.2, -0.15) is 0 Å². The van der Waals surface area contributed by atoms with Crippen molar-refractivity contribution in [3.8, 4) is 5.75 Å². The Labute approximate surface area is 174 Å². The van der Waals surface area contributed by atoms with E-state index in [0.717, 1.165) is 29.4 Å². The zero-order valence-corrected chi connectivity index (χ0v) is 16.6. The second kappa shape index (κ2) is 8.92. The van der Waals surface area contributed by atoms with Gasteiger partial charge in [0.05, 0.1) is 36.7 Å². The van der Waals surface area contributed by atoms with Crippen LogP contribution < -0.4 is 9.64 Å². The Morgan fingerprint density at radius 2 is 1.70 bits per heavy atom. The molecule has 0 radical (unpaired) electrons. The van der Waals surface area contributed by atoms with E-state index in [2.05, 4.69) is 0 Å². The van der Waals surface area contributed by atoms with Crippen LogP contribution in [0.2, 0.25) is 0 Å². The molecule has 4 rings (SSSR count). The molecule has 1 fully saturated rings. The summed E-state index contributed by atoms with van der Waals surface area (Å²) in [5.74, 6) is 0.649. The summed E-state index contributed by atoms with van der Waals surface area (Å²) in [5, 5.41) is 13.4. The number of nitrogens with one attached hydrogen (secondary N) is 1. The average Bonchev–Trinajstić information content (AvgIpc) is 2.78. The number of hydrogen-bond acceptors (Lipinski definition) is 4. The van der Waals surface area contributed by atoms with E-state index in [4.69, 9.17) is 4.74 Å². The van der Waals surface area contributed by atoms with E-state index in [9.17, 15) is 14.9 Å². The summed E-state index contributed by atoms with van der Waals surface area (Å²) in [7, 11) is 0. The quantitative estimate of drug-likeness (QED) is 0.502. The number of carbonyl (C=O) groups is 1. The van der Waals surface area contributed by atoms with Gasteiger partial charge in [0.25, 0.3) is 11.6 Å². The van der Waals surface area contributed by atoms with E-state index in [0.29, 0.717) is 25.4 Å². The number of rotatable bonds is 6. The standard InChI is InChI=1S/C23H23N3O4/c27-23(17-30-21-10-9-18-5-1-2-6-19(18)15-21)25-13-11-24(12-14-25)16-20-7-3-4-8-22(20)26(28)29/h1-10,15H,11-14,16-17H2/p+1. The SMILES string of the molecule is O=C(COc1ccc2ccccc2c1)N1CC[NH+](Cc2ccccc2[N+](=O)[O-])CC1. The van der Waals surface area contributed by atoms with Crippen LogP contribution in [0.5, 0.6) is 5.75 Å². The molecule has 1 N–H and O–H groups in total. The first-order valence-corrected chi connectivity index (χ1v) is 10.1. The highest BCUT2D eigenvalue weighted by atomic mass is 16.6. The van der Waals surface area contributed by atoms with E-state index in [1.807, 2.05) is 53.4 Å². The number of ether oxygens (including phenoxy) is 1. The van der Waals surface area contributed by atoms with E-state index in [1.165, 1.54) is 4.90 Å². The lowest BCUT2D eigenvalue weighted by molar-refractivity contribution is -0.917. The van der Waals surface area contributed by atoms with Gasteiger partial charge in [0, 0.05) is 6.07 Å². The first-order chi connectivity index (χ1) is 14.6. The predicted octanol–water partition coefficient (Wildman–Crippen LogP) is 2.05. The fraction of sp³-hybridized carbons (Fsp3) is 0.261. The molecule has 0 spiro atoms. The summed E-state index contributed by atoms with van der Waals surface area (Å²) in [4.78, 5) is 26.5. The molecule has 0 aromatic heterocycles.